The zero-order valence-corrected chi connectivity index (χ0v) is 15.3. The van der Waals surface area contributed by atoms with E-state index in [1.165, 1.54) is 11.8 Å². The van der Waals surface area contributed by atoms with Gasteiger partial charge in [-0.25, -0.2) is 0 Å². The molecule has 1 saturated heterocycles. The summed E-state index contributed by atoms with van der Waals surface area (Å²) in [7, 11) is 0. The van der Waals surface area contributed by atoms with Crippen LogP contribution in [-0.4, -0.2) is 40.6 Å². The molecule has 0 radical (unpaired) electrons. The molecule has 1 aromatic heterocycles. The minimum atomic E-state index is -0.0808. The van der Waals surface area contributed by atoms with Gasteiger partial charge in [-0.2, -0.15) is 0 Å². The number of benzene rings is 1. The highest BCUT2D eigenvalue weighted by atomic mass is 35.5. The summed E-state index contributed by atoms with van der Waals surface area (Å²) in [5.74, 6) is 0.310. The largest absolute Gasteiger partial charge is 0.337 e. The molecule has 2 heterocycles. The first kappa shape index (κ1) is 19.0. The summed E-state index contributed by atoms with van der Waals surface area (Å²) >= 11 is 7.55. The number of halogens is 2. The first-order chi connectivity index (χ1) is 11.2. The number of hydrogen-bond acceptors (Lipinski definition) is 5. The van der Waals surface area contributed by atoms with Crippen LogP contribution in [0.15, 0.2) is 46.3 Å². The monoisotopic (exact) mass is 384 g/mol. The average molecular weight is 385 g/mol. The fourth-order valence-electron chi connectivity index (χ4n) is 2.50. The van der Waals surface area contributed by atoms with E-state index in [1.54, 1.807) is 17.0 Å². The van der Waals surface area contributed by atoms with Gasteiger partial charge < -0.3 is 10.6 Å². The third-order valence-electron chi connectivity index (χ3n) is 3.82. The molecular formula is C16H18Cl2N4OS. The van der Waals surface area contributed by atoms with Crippen molar-refractivity contribution in [2.45, 2.75) is 16.3 Å². The molecule has 8 heteroatoms. The van der Waals surface area contributed by atoms with Gasteiger partial charge in [0.1, 0.15) is 5.03 Å². The van der Waals surface area contributed by atoms with Gasteiger partial charge in [0.2, 0.25) is 0 Å². The van der Waals surface area contributed by atoms with Crippen molar-refractivity contribution < 1.29 is 4.79 Å². The van der Waals surface area contributed by atoms with E-state index in [-0.39, 0.29) is 18.3 Å². The van der Waals surface area contributed by atoms with Crippen LogP contribution in [0.1, 0.15) is 16.9 Å². The summed E-state index contributed by atoms with van der Waals surface area (Å²) in [5, 5.41) is 9.57. The van der Waals surface area contributed by atoms with Gasteiger partial charge in [0.05, 0.1) is 5.02 Å². The predicted molar refractivity (Wildman–Crippen MR) is 97.9 cm³/mol. The standard InChI is InChI=1S/C16H17ClN4OS.ClH/c17-12-3-1-2-4-14(12)23-15-6-5-13(19-20-15)16(22)21-8-7-11(9-18)10-21;/h1-6,11H,7-10,18H2;1H. The lowest BCUT2D eigenvalue weighted by atomic mass is 10.1. The number of likely N-dealkylation sites (tertiary alicyclic amines) is 1. The third kappa shape index (κ3) is 4.39. The first-order valence-electron chi connectivity index (χ1n) is 7.43. The Hall–Kier alpha value is -1.34. The first-order valence-corrected chi connectivity index (χ1v) is 8.62. The number of aromatic nitrogens is 2. The predicted octanol–water partition coefficient (Wildman–Crippen LogP) is 3.12. The zero-order valence-electron chi connectivity index (χ0n) is 12.9. The van der Waals surface area contributed by atoms with Crippen molar-refractivity contribution in [3.05, 3.63) is 47.1 Å². The van der Waals surface area contributed by atoms with Crippen molar-refractivity contribution in [2.75, 3.05) is 19.6 Å². The summed E-state index contributed by atoms with van der Waals surface area (Å²) in [6.45, 7) is 2.05. The lowest BCUT2D eigenvalue weighted by Gasteiger charge is -2.15. The molecule has 1 fully saturated rings. The van der Waals surface area contributed by atoms with Crippen LogP contribution in [0.5, 0.6) is 0 Å². The number of carbonyl (C=O) groups excluding carboxylic acids is 1. The van der Waals surface area contributed by atoms with Gasteiger partial charge >= 0.3 is 0 Å². The highest BCUT2D eigenvalue weighted by Crippen LogP contribution is 2.31. The molecule has 0 spiro atoms. The molecule has 5 nitrogen and oxygen atoms in total. The molecule has 128 valence electrons. The summed E-state index contributed by atoms with van der Waals surface area (Å²) in [6.07, 6.45) is 0.954. The molecule has 2 aromatic rings. The number of nitrogens with zero attached hydrogens (tertiary/aromatic N) is 3. The Balaban J connectivity index is 0.00000208. The summed E-state index contributed by atoms with van der Waals surface area (Å²) in [5.41, 5.74) is 6.03. The molecule has 1 unspecified atom stereocenters. The summed E-state index contributed by atoms with van der Waals surface area (Å²) < 4.78 is 0. The lowest BCUT2D eigenvalue weighted by Crippen LogP contribution is -2.30. The molecule has 1 aliphatic rings. The van der Waals surface area contributed by atoms with Crippen molar-refractivity contribution in [3.63, 3.8) is 0 Å². The van der Waals surface area contributed by atoms with E-state index in [0.29, 0.717) is 34.7 Å². The van der Waals surface area contributed by atoms with Crippen LogP contribution in [-0.2, 0) is 0 Å². The SMILES string of the molecule is Cl.NCC1CCN(C(=O)c2ccc(Sc3ccccc3Cl)nn2)C1. The maximum absolute atomic E-state index is 12.4. The fraction of sp³-hybridized carbons (Fsp3) is 0.312. The van der Waals surface area contributed by atoms with Crippen molar-refractivity contribution in [1.82, 2.24) is 15.1 Å². The lowest BCUT2D eigenvalue weighted by molar-refractivity contribution is 0.0780. The van der Waals surface area contributed by atoms with Crippen LogP contribution in [0.4, 0.5) is 0 Å². The minimum Gasteiger partial charge on any atom is -0.337 e. The highest BCUT2D eigenvalue weighted by Gasteiger charge is 2.26. The second-order valence-electron chi connectivity index (χ2n) is 5.43. The zero-order chi connectivity index (χ0) is 16.2. The Bertz CT molecular complexity index is 699. The van der Waals surface area contributed by atoms with Gasteiger partial charge in [-0.05, 0) is 43.1 Å². The molecule has 2 N–H and O–H groups in total. The molecule has 0 saturated carbocycles. The Kier molecular flexibility index (Phi) is 6.86. The molecule has 0 bridgehead atoms. The van der Waals surface area contributed by atoms with Gasteiger partial charge in [0.15, 0.2) is 5.69 Å². The second kappa shape index (κ2) is 8.67. The van der Waals surface area contributed by atoms with Crippen molar-refractivity contribution in [2.24, 2.45) is 11.7 Å². The van der Waals surface area contributed by atoms with Crippen LogP contribution in [0, 0.1) is 5.92 Å². The fourth-order valence-corrected chi connectivity index (χ4v) is 3.51. The molecule has 1 atom stereocenters. The van der Waals surface area contributed by atoms with Crippen LogP contribution in [0.25, 0.3) is 0 Å². The Morgan fingerprint density at radius 1 is 1.29 bits per heavy atom. The van der Waals surface area contributed by atoms with Crippen LogP contribution in [0.3, 0.4) is 0 Å². The van der Waals surface area contributed by atoms with Gasteiger partial charge in [-0.3, -0.25) is 4.79 Å². The van der Waals surface area contributed by atoms with Crippen molar-refractivity contribution in [1.29, 1.82) is 0 Å². The Morgan fingerprint density at radius 2 is 2.08 bits per heavy atom. The number of hydrogen-bond donors (Lipinski definition) is 1. The van der Waals surface area contributed by atoms with Crippen LogP contribution >= 0.6 is 35.8 Å². The van der Waals surface area contributed by atoms with Gasteiger partial charge in [-0.1, -0.05) is 35.5 Å². The second-order valence-corrected chi connectivity index (χ2v) is 6.90. The summed E-state index contributed by atoms with van der Waals surface area (Å²) in [6, 6.07) is 11.1. The molecule has 3 rings (SSSR count). The van der Waals surface area contributed by atoms with Crippen LogP contribution < -0.4 is 5.73 Å². The van der Waals surface area contributed by atoms with Crippen molar-refractivity contribution >= 4 is 41.7 Å². The molecule has 1 aromatic carbocycles. The number of rotatable bonds is 4. The topological polar surface area (TPSA) is 72.1 Å². The molecule has 1 aliphatic heterocycles. The van der Waals surface area contributed by atoms with E-state index >= 15 is 0 Å². The number of nitrogens with two attached hydrogens (primary N) is 1. The number of carbonyl (C=O) groups is 1. The van der Waals surface area contributed by atoms with E-state index in [9.17, 15) is 4.79 Å². The van der Waals surface area contributed by atoms with Crippen LogP contribution in [0.2, 0.25) is 5.02 Å². The van der Waals surface area contributed by atoms with E-state index in [0.717, 1.165) is 17.9 Å². The van der Waals surface area contributed by atoms with Crippen molar-refractivity contribution in [3.8, 4) is 0 Å². The van der Waals surface area contributed by atoms with E-state index < -0.39 is 0 Å². The normalized spacial score (nSPS) is 16.8. The highest BCUT2D eigenvalue weighted by molar-refractivity contribution is 7.99. The average Bonchev–Trinajstić information content (AvgIpc) is 3.06. The van der Waals surface area contributed by atoms with E-state index in [1.807, 2.05) is 24.3 Å². The number of amides is 1. The molecule has 24 heavy (non-hydrogen) atoms. The molecule has 0 aliphatic carbocycles. The van der Waals surface area contributed by atoms with Gasteiger partial charge in [0, 0.05) is 18.0 Å². The quantitative estimate of drug-likeness (QED) is 0.876. The van der Waals surface area contributed by atoms with Gasteiger partial charge in [0.25, 0.3) is 5.91 Å². The molecule has 1 amide bonds. The maximum atomic E-state index is 12.4. The van der Waals surface area contributed by atoms with E-state index in [4.69, 9.17) is 17.3 Å². The minimum absolute atomic E-state index is 0. The smallest absolute Gasteiger partial charge is 0.274 e. The Labute approximate surface area is 156 Å². The maximum Gasteiger partial charge on any atom is 0.274 e. The van der Waals surface area contributed by atoms with Gasteiger partial charge in [-0.15, -0.1) is 22.6 Å². The summed E-state index contributed by atoms with van der Waals surface area (Å²) in [4.78, 5) is 15.1. The Morgan fingerprint density at radius 3 is 2.71 bits per heavy atom. The van der Waals surface area contributed by atoms with E-state index in [2.05, 4.69) is 10.2 Å². The molecular weight excluding hydrogens is 367 g/mol. The third-order valence-corrected chi connectivity index (χ3v) is 5.26.